The van der Waals surface area contributed by atoms with Crippen molar-refractivity contribution in [2.45, 2.75) is 0 Å². The van der Waals surface area contributed by atoms with E-state index in [0.717, 1.165) is 0 Å². The van der Waals surface area contributed by atoms with Gasteiger partial charge in [-0.2, -0.15) is 0 Å². The van der Waals surface area contributed by atoms with Crippen LogP contribution in [0.4, 0.5) is 10.1 Å². The molecule has 0 aliphatic carbocycles. The Morgan fingerprint density at radius 1 is 1.00 bits per heavy atom. The summed E-state index contributed by atoms with van der Waals surface area (Å²) in [5, 5.41) is 11.4. The molecule has 0 atom stereocenters. The number of rotatable bonds is 4. The molecule has 0 spiro atoms. The fraction of sp³-hybridized carbons (Fsp3) is 0. The van der Waals surface area contributed by atoms with E-state index in [-0.39, 0.29) is 21.4 Å². The van der Waals surface area contributed by atoms with Gasteiger partial charge in [-0.05, 0) is 48.5 Å². The van der Waals surface area contributed by atoms with Gasteiger partial charge < -0.3 is 14.8 Å². The molecular weight excluding hydrogens is 384 g/mol. The summed E-state index contributed by atoms with van der Waals surface area (Å²) in [6.45, 7) is 0. The molecule has 2 aromatic carbocycles. The van der Waals surface area contributed by atoms with Crippen molar-refractivity contribution in [3.63, 3.8) is 0 Å². The number of benzene rings is 2. The van der Waals surface area contributed by atoms with E-state index in [9.17, 15) is 14.0 Å². The molecule has 3 aromatic rings. The normalized spacial score (nSPS) is 10.6. The van der Waals surface area contributed by atoms with Crippen LogP contribution in [0.3, 0.4) is 0 Å². The Kier molecular flexibility index (Phi) is 4.97. The smallest absolute Gasteiger partial charge is 0.337 e. The lowest BCUT2D eigenvalue weighted by molar-refractivity contribution is 0.0697. The first-order valence-electron chi connectivity index (χ1n) is 7.24. The Bertz CT molecular complexity index is 1020. The summed E-state index contributed by atoms with van der Waals surface area (Å²) in [6.07, 6.45) is 0. The number of carbonyl (C=O) groups excluding carboxylic acids is 1. The fourth-order valence-corrected chi connectivity index (χ4v) is 2.67. The number of halogens is 3. The predicted molar refractivity (Wildman–Crippen MR) is 95.5 cm³/mol. The highest BCUT2D eigenvalue weighted by Gasteiger charge is 2.15. The zero-order valence-corrected chi connectivity index (χ0v) is 14.4. The molecule has 0 unspecified atom stereocenters. The third-order valence-corrected chi connectivity index (χ3v) is 4.09. The summed E-state index contributed by atoms with van der Waals surface area (Å²) in [5.41, 5.74) is 0.759. The van der Waals surface area contributed by atoms with E-state index >= 15 is 0 Å². The Balaban J connectivity index is 1.79. The number of hydrogen-bond donors (Lipinski definition) is 2. The number of aromatic carboxylic acids is 1. The number of anilines is 1. The first-order valence-corrected chi connectivity index (χ1v) is 8.00. The first kappa shape index (κ1) is 18.0. The molecule has 1 heterocycles. The maximum absolute atomic E-state index is 13.2. The van der Waals surface area contributed by atoms with Crippen molar-refractivity contribution < 1.29 is 23.5 Å². The van der Waals surface area contributed by atoms with E-state index in [4.69, 9.17) is 32.7 Å². The molecule has 5 nitrogen and oxygen atoms in total. The number of nitrogens with one attached hydrogen (secondary N) is 1. The van der Waals surface area contributed by atoms with Gasteiger partial charge in [-0.1, -0.05) is 23.2 Å². The lowest BCUT2D eigenvalue weighted by atomic mass is 10.2. The largest absolute Gasteiger partial charge is 0.478 e. The third kappa shape index (κ3) is 3.71. The molecular formula is C18H10Cl2FNO4. The van der Waals surface area contributed by atoms with E-state index in [1.165, 1.54) is 42.5 Å². The summed E-state index contributed by atoms with van der Waals surface area (Å²) in [5.74, 6) is -1.91. The van der Waals surface area contributed by atoms with E-state index in [1.54, 1.807) is 6.07 Å². The number of furan rings is 1. The molecule has 2 N–H and O–H groups in total. The molecule has 0 aliphatic rings. The Morgan fingerprint density at radius 2 is 1.77 bits per heavy atom. The zero-order valence-electron chi connectivity index (χ0n) is 12.9. The van der Waals surface area contributed by atoms with Crippen LogP contribution >= 0.6 is 23.2 Å². The van der Waals surface area contributed by atoms with Crippen LogP contribution in [0, 0.1) is 5.82 Å². The predicted octanol–water partition coefficient (Wildman–Crippen LogP) is 5.34. The van der Waals surface area contributed by atoms with Crippen molar-refractivity contribution in [1.29, 1.82) is 0 Å². The number of carbonyl (C=O) groups is 2. The molecule has 0 bridgehead atoms. The Morgan fingerprint density at radius 3 is 2.42 bits per heavy atom. The second-order valence-corrected chi connectivity index (χ2v) is 6.06. The second-order valence-electron chi connectivity index (χ2n) is 5.25. The van der Waals surface area contributed by atoms with Crippen molar-refractivity contribution in [2.75, 3.05) is 5.32 Å². The van der Waals surface area contributed by atoms with E-state index in [1.807, 2.05) is 0 Å². The summed E-state index contributed by atoms with van der Waals surface area (Å²) in [4.78, 5) is 23.2. The summed E-state index contributed by atoms with van der Waals surface area (Å²) < 4.78 is 18.7. The van der Waals surface area contributed by atoms with Crippen LogP contribution < -0.4 is 5.32 Å². The third-order valence-electron chi connectivity index (χ3n) is 3.49. The molecule has 3 rings (SSSR count). The van der Waals surface area contributed by atoms with Crippen molar-refractivity contribution in [3.8, 4) is 11.3 Å². The van der Waals surface area contributed by atoms with Crippen molar-refractivity contribution >= 4 is 40.8 Å². The monoisotopic (exact) mass is 393 g/mol. The topological polar surface area (TPSA) is 79.5 Å². The molecule has 0 fully saturated rings. The van der Waals surface area contributed by atoms with E-state index in [0.29, 0.717) is 17.0 Å². The van der Waals surface area contributed by atoms with Crippen molar-refractivity contribution in [3.05, 3.63) is 75.7 Å². The molecule has 1 aromatic heterocycles. The molecule has 0 aliphatic heterocycles. The number of hydrogen-bond acceptors (Lipinski definition) is 3. The first-order chi connectivity index (χ1) is 12.3. The average molecular weight is 394 g/mol. The lowest BCUT2D eigenvalue weighted by Gasteiger charge is -2.05. The molecule has 0 saturated heterocycles. The highest BCUT2D eigenvalue weighted by molar-refractivity contribution is 6.34. The van der Waals surface area contributed by atoms with Gasteiger partial charge in [0.05, 0.1) is 15.6 Å². The second kappa shape index (κ2) is 7.19. The van der Waals surface area contributed by atoms with E-state index in [2.05, 4.69) is 5.32 Å². The summed E-state index contributed by atoms with van der Waals surface area (Å²) in [6, 6.07) is 11.1. The SMILES string of the molecule is O=C(Nc1ccc(C(=O)O)c(Cl)c1)c1ccc(-c2ccc(F)c(Cl)c2)o1. The molecule has 8 heteroatoms. The Labute approximate surface area is 157 Å². The minimum Gasteiger partial charge on any atom is -0.478 e. The van der Waals surface area contributed by atoms with Crippen molar-refractivity contribution in [2.24, 2.45) is 0 Å². The average Bonchev–Trinajstić information content (AvgIpc) is 3.07. The van der Waals surface area contributed by atoms with Gasteiger partial charge in [-0.15, -0.1) is 0 Å². The van der Waals surface area contributed by atoms with Crippen LogP contribution in [-0.2, 0) is 0 Å². The van der Waals surface area contributed by atoms with Gasteiger partial charge in [0.2, 0.25) is 0 Å². The molecule has 26 heavy (non-hydrogen) atoms. The number of carboxylic acid groups (broad SMARTS) is 1. The van der Waals surface area contributed by atoms with Crippen LogP contribution in [0.1, 0.15) is 20.9 Å². The van der Waals surface area contributed by atoms with Crippen LogP contribution in [0.2, 0.25) is 10.0 Å². The van der Waals surface area contributed by atoms with Crippen molar-refractivity contribution in [1.82, 2.24) is 0 Å². The van der Waals surface area contributed by atoms with Crippen LogP contribution in [0.5, 0.6) is 0 Å². The summed E-state index contributed by atoms with van der Waals surface area (Å²) >= 11 is 11.6. The van der Waals surface area contributed by atoms with Crippen LogP contribution in [0.15, 0.2) is 52.9 Å². The highest BCUT2D eigenvalue weighted by atomic mass is 35.5. The van der Waals surface area contributed by atoms with Gasteiger partial charge in [-0.3, -0.25) is 4.79 Å². The maximum atomic E-state index is 13.2. The van der Waals surface area contributed by atoms with Crippen LogP contribution in [0.25, 0.3) is 11.3 Å². The van der Waals surface area contributed by atoms with Gasteiger partial charge in [0, 0.05) is 11.3 Å². The standard InChI is InChI=1S/C18H10Cl2FNO4/c19-12-8-10(2-3-11(12)18(24)25)22-17(23)16-6-5-15(26-16)9-1-4-14(21)13(20)7-9/h1-8H,(H,22,23)(H,24,25). The summed E-state index contributed by atoms with van der Waals surface area (Å²) in [7, 11) is 0. The minimum atomic E-state index is -1.17. The molecule has 0 saturated carbocycles. The molecule has 0 radical (unpaired) electrons. The lowest BCUT2D eigenvalue weighted by Crippen LogP contribution is -2.11. The molecule has 132 valence electrons. The quantitative estimate of drug-likeness (QED) is 0.626. The van der Waals surface area contributed by atoms with Gasteiger partial charge >= 0.3 is 5.97 Å². The van der Waals surface area contributed by atoms with E-state index < -0.39 is 17.7 Å². The maximum Gasteiger partial charge on any atom is 0.337 e. The minimum absolute atomic E-state index is 0.00334. The Hall–Kier alpha value is -2.83. The van der Waals surface area contributed by atoms with Gasteiger partial charge in [0.1, 0.15) is 11.6 Å². The number of carboxylic acids is 1. The van der Waals surface area contributed by atoms with Crippen LogP contribution in [-0.4, -0.2) is 17.0 Å². The molecule has 1 amide bonds. The number of amides is 1. The zero-order chi connectivity index (χ0) is 18.8. The highest BCUT2D eigenvalue weighted by Crippen LogP contribution is 2.27. The van der Waals surface area contributed by atoms with Gasteiger partial charge in [0.15, 0.2) is 5.76 Å². The fourth-order valence-electron chi connectivity index (χ4n) is 2.22. The van der Waals surface area contributed by atoms with Gasteiger partial charge in [0.25, 0.3) is 5.91 Å². The van der Waals surface area contributed by atoms with Gasteiger partial charge in [-0.25, -0.2) is 9.18 Å².